The number of methoxy groups -OCH3 is 2. The Balaban J connectivity index is 1.86. The van der Waals surface area contributed by atoms with Gasteiger partial charge in [0.05, 0.1) is 31.7 Å². The van der Waals surface area contributed by atoms with Crippen molar-refractivity contribution < 1.29 is 14.6 Å². The predicted molar refractivity (Wildman–Crippen MR) is 116 cm³/mol. The largest absolute Gasteiger partial charge is 0.508 e. The van der Waals surface area contributed by atoms with Crippen LogP contribution in [0.4, 0.5) is 0 Å². The monoisotopic (exact) mass is 403 g/mol. The van der Waals surface area contributed by atoms with Crippen molar-refractivity contribution >= 4 is 10.9 Å². The molecule has 1 aromatic heterocycles. The molecule has 0 saturated carbocycles. The number of hydrogen-bond acceptors (Lipinski definition) is 6. The van der Waals surface area contributed by atoms with Crippen LogP contribution in [0.15, 0.2) is 71.5 Å². The van der Waals surface area contributed by atoms with Crippen LogP contribution < -0.4 is 20.5 Å². The Morgan fingerprint density at radius 1 is 0.967 bits per heavy atom. The molecule has 0 aliphatic carbocycles. The Labute approximate surface area is 173 Å². The van der Waals surface area contributed by atoms with E-state index in [1.807, 2.05) is 18.2 Å². The van der Waals surface area contributed by atoms with Crippen molar-refractivity contribution in [1.82, 2.24) is 9.66 Å². The fraction of sp³-hybridized carbons (Fsp3) is 0.130. The molecule has 4 rings (SSSR count). The number of nitrogens with zero attached hydrogens (tertiary/aromatic N) is 2. The third kappa shape index (κ3) is 3.53. The SMILES string of the molecule is COc1ccc(-c2nc3ccccc3c(=O)n2NCc2ccccc2O)cc1OC. The maximum absolute atomic E-state index is 13.2. The fourth-order valence-corrected chi connectivity index (χ4v) is 3.27. The first-order chi connectivity index (χ1) is 14.6. The van der Waals surface area contributed by atoms with E-state index in [1.165, 1.54) is 4.68 Å². The number of phenols is 1. The lowest BCUT2D eigenvalue weighted by molar-refractivity contribution is 0.355. The highest BCUT2D eigenvalue weighted by Gasteiger charge is 2.15. The van der Waals surface area contributed by atoms with Crippen LogP contribution in [0.25, 0.3) is 22.3 Å². The molecule has 152 valence electrons. The van der Waals surface area contributed by atoms with Crippen LogP contribution in [0.3, 0.4) is 0 Å². The Bertz CT molecular complexity index is 1270. The quantitative estimate of drug-likeness (QED) is 0.512. The van der Waals surface area contributed by atoms with Crippen molar-refractivity contribution in [3.63, 3.8) is 0 Å². The molecule has 0 radical (unpaired) electrons. The number of phenolic OH excluding ortho intramolecular Hbond substituents is 1. The van der Waals surface area contributed by atoms with Crippen molar-refractivity contribution in [3.05, 3.63) is 82.6 Å². The summed E-state index contributed by atoms with van der Waals surface area (Å²) < 4.78 is 12.1. The lowest BCUT2D eigenvalue weighted by Crippen LogP contribution is -2.31. The van der Waals surface area contributed by atoms with Crippen molar-refractivity contribution in [2.45, 2.75) is 6.54 Å². The molecule has 0 unspecified atom stereocenters. The number of para-hydroxylation sites is 2. The zero-order valence-corrected chi connectivity index (χ0v) is 16.6. The maximum atomic E-state index is 13.2. The average Bonchev–Trinajstić information content (AvgIpc) is 2.79. The van der Waals surface area contributed by atoms with Crippen molar-refractivity contribution in [3.8, 4) is 28.6 Å². The lowest BCUT2D eigenvalue weighted by atomic mass is 10.1. The number of fused-ring (bicyclic) bond motifs is 1. The van der Waals surface area contributed by atoms with E-state index in [0.717, 1.165) is 0 Å². The van der Waals surface area contributed by atoms with E-state index >= 15 is 0 Å². The van der Waals surface area contributed by atoms with E-state index in [-0.39, 0.29) is 17.9 Å². The standard InChI is InChI=1S/C23H21N3O4/c1-29-20-12-11-15(13-21(20)30-2)22-25-18-9-5-4-8-17(18)23(28)26(22)24-14-16-7-3-6-10-19(16)27/h3-13,24,27H,14H2,1-2H3. The molecule has 1 heterocycles. The van der Waals surface area contributed by atoms with E-state index in [4.69, 9.17) is 14.5 Å². The summed E-state index contributed by atoms with van der Waals surface area (Å²) in [6, 6.07) is 19.5. The average molecular weight is 403 g/mol. The molecule has 0 bridgehead atoms. The zero-order valence-electron chi connectivity index (χ0n) is 16.6. The predicted octanol–water partition coefficient (Wildman–Crippen LogP) is 3.53. The highest BCUT2D eigenvalue weighted by atomic mass is 16.5. The van der Waals surface area contributed by atoms with Gasteiger partial charge in [0.1, 0.15) is 5.75 Å². The van der Waals surface area contributed by atoms with E-state index in [2.05, 4.69) is 5.43 Å². The van der Waals surface area contributed by atoms with Crippen molar-refractivity contribution in [1.29, 1.82) is 0 Å². The summed E-state index contributed by atoms with van der Waals surface area (Å²) in [4.78, 5) is 18.0. The fourth-order valence-electron chi connectivity index (χ4n) is 3.27. The van der Waals surface area contributed by atoms with Crippen LogP contribution in [0, 0.1) is 0 Å². The van der Waals surface area contributed by atoms with E-state index < -0.39 is 0 Å². The molecule has 0 saturated heterocycles. The third-order valence-electron chi connectivity index (χ3n) is 4.84. The smallest absolute Gasteiger partial charge is 0.280 e. The minimum atomic E-state index is -0.235. The van der Waals surface area contributed by atoms with Gasteiger partial charge in [0.25, 0.3) is 5.56 Å². The minimum Gasteiger partial charge on any atom is -0.508 e. The number of hydrogen-bond donors (Lipinski definition) is 2. The molecule has 7 heteroatoms. The molecule has 4 aromatic rings. The van der Waals surface area contributed by atoms with Gasteiger partial charge in [-0.25, -0.2) is 9.66 Å². The highest BCUT2D eigenvalue weighted by Crippen LogP contribution is 2.31. The summed E-state index contributed by atoms with van der Waals surface area (Å²) in [7, 11) is 3.12. The van der Waals surface area contributed by atoms with Crippen LogP contribution in [0.5, 0.6) is 17.2 Å². The first-order valence-electron chi connectivity index (χ1n) is 9.37. The second-order valence-corrected chi connectivity index (χ2v) is 6.63. The number of aromatic hydroxyl groups is 1. The molecule has 0 atom stereocenters. The normalized spacial score (nSPS) is 10.7. The Hall–Kier alpha value is -4.00. The molecule has 3 aromatic carbocycles. The summed E-state index contributed by atoms with van der Waals surface area (Å²) >= 11 is 0. The third-order valence-corrected chi connectivity index (χ3v) is 4.84. The topological polar surface area (TPSA) is 85.6 Å². The summed E-state index contributed by atoms with van der Waals surface area (Å²) in [5, 5.41) is 10.6. The van der Waals surface area contributed by atoms with Crippen LogP contribution in [0.2, 0.25) is 0 Å². The van der Waals surface area contributed by atoms with Gasteiger partial charge in [-0.15, -0.1) is 0 Å². The molecule has 0 aliphatic heterocycles. The van der Waals surface area contributed by atoms with E-state index in [1.54, 1.807) is 62.8 Å². The lowest BCUT2D eigenvalue weighted by Gasteiger charge is -2.17. The van der Waals surface area contributed by atoms with Crippen molar-refractivity contribution in [2.75, 3.05) is 19.6 Å². The number of ether oxygens (including phenoxy) is 2. The molecule has 0 spiro atoms. The maximum Gasteiger partial charge on any atom is 0.280 e. The van der Waals surface area contributed by atoms with Gasteiger partial charge < -0.3 is 20.0 Å². The van der Waals surface area contributed by atoms with Gasteiger partial charge >= 0.3 is 0 Å². The number of benzene rings is 3. The molecule has 0 amide bonds. The van der Waals surface area contributed by atoms with Crippen LogP contribution in [-0.2, 0) is 6.54 Å². The van der Waals surface area contributed by atoms with E-state index in [9.17, 15) is 9.90 Å². The molecular formula is C23H21N3O4. The first kappa shape index (κ1) is 19.3. The summed E-state index contributed by atoms with van der Waals surface area (Å²) in [5.74, 6) is 1.69. The second kappa shape index (κ2) is 8.16. The summed E-state index contributed by atoms with van der Waals surface area (Å²) in [6.07, 6.45) is 0. The zero-order chi connectivity index (χ0) is 21.1. The van der Waals surface area contributed by atoms with Gasteiger partial charge in [0.2, 0.25) is 0 Å². The van der Waals surface area contributed by atoms with Gasteiger partial charge in [0.15, 0.2) is 17.3 Å². The first-order valence-corrected chi connectivity index (χ1v) is 9.37. The van der Waals surface area contributed by atoms with Gasteiger partial charge in [0, 0.05) is 11.1 Å². The molecule has 0 fully saturated rings. The molecule has 7 nitrogen and oxygen atoms in total. The Morgan fingerprint density at radius 3 is 2.47 bits per heavy atom. The van der Waals surface area contributed by atoms with Gasteiger partial charge in [-0.2, -0.15) is 0 Å². The Morgan fingerprint density at radius 2 is 1.70 bits per heavy atom. The van der Waals surface area contributed by atoms with E-state index in [0.29, 0.717) is 39.4 Å². The van der Waals surface area contributed by atoms with Gasteiger partial charge in [-0.3, -0.25) is 4.79 Å². The minimum absolute atomic E-state index is 0.152. The second-order valence-electron chi connectivity index (χ2n) is 6.63. The van der Waals surface area contributed by atoms with Crippen molar-refractivity contribution in [2.24, 2.45) is 0 Å². The molecule has 30 heavy (non-hydrogen) atoms. The summed E-state index contributed by atoms with van der Waals surface area (Å²) in [6.45, 7) is 0.243. The van der Waals surface area contributed by atoms with Gasteiger partial charge in [-0.05, 0) is 36.4 Å². The number of rotatable bonds is 6. The number of nitrogens with one attached hydrogen (secondary N) is 1. The highest BCUT2D eigenvalue weighted by molar-refractivity contribution is 5.80. The van der Waals surface area contributed by atoms with Gasteiger partial charge in [-0.1, -0.05) is 30.3 Å². The van der Waals surface area contributed by atoms with Crippen LogP contribution >= 0.6 is 0 Å². The van der Waals surface area contributed by atoms with Crippen LogP contribution in [0.1, 0.15) is 5.56 Å². The molecule has 0 aliphatic rings. The molecular weight excluding hydrogens is 382 g/mol. The molecule has 2 N–H and O–H groups in total. The van der Waals surface area contributed by atoms with Crippen LogP contribution in [-0.4, -0.2) is 29.0 Å². The number of aromatic nitrogens is 2. The summed E-state index contributed by atoms with van der Waals surface area (Å²) in [5.41, 5.74) is 4.80. The Kier molecular flexibility index (Phi) is 5.26.